The molecule has 0 unspecified atom stereocenters. The molecule has 1 fully saturated rings. The molecule has 1 saturated heterocycles. The number of carbonyl (C=O) groups is 1. The topological polar surface area (TPSA) is 48.0 Å². The minimum Gasteiger partial charge on any atom is -0.443 e. The van der Waals surface area contributed by atoms with E-state index in [0.29, 0.717) is 0 Å². The molecule has 3 aliphatic rings. The quantitative estimate of drug-likeness (QED) is 0.385. The number of carbonyl (C=O) groups excluding carboxylic acids is 1. The Kier molecular flexibility index (Phi) is 5.48. The molecule has 4 rings (SSSR count). The van der Waals surface area contributed by atoms with E-state index in [-0.39, 0.29) is 11.5 Å². The third kappa shape index (κ3) is 3.64. The molecule has 0 bridgehead atoms. The monoisotopic (exact) mass is 467 g/mol. The van der Waals surface area contributed by atoms with Gasteiger partial charge in [-0.15, -0.1) is 0 Å². The van der Waals surface area contributed by atoms with Crippen molar-refractivity contribution in [2.24, 2.45) is 0 Å². The fourth-order valence-corrected chi connectivity index (χ4v) is 5.68. The van der Waals surface area contributed by atoms with E-state index < -0.39 is 29.5 Å². The van der Waals surface area contributed by atoms with Crippen molar-refractivity contribution in [1.29, 1.82) is 0 Å². The molecule has 2 aliphatic heterocycles. The van der Waals surface area contributed by atoms with Crippen LogP contribution in [0.1, 0.15) is 99.3 Å². The summed E-state index contributed by atoms with van der Waals surface area (Å²) in [7, 11) is -0.434. The van der Waals surface area contributed by atoms with Crippen LogP contribution in [-0.4, -0.2) is 35.6 Å². The number of hydrogen-bond acceptors (Lipinski definition) is 4. The standard InChI is InChI=1S/C28H42BNO4/c1-17-25(5,6)20-16-21(29-33-27(9,10)28(11,12)34-29)18-14-13-15-19(18)22(20)30(26(17,7)8)23(31)32-24(2,3)4/h16H,1,13-15H2,2-12H3. The van der Waals surface area contributed by atoms with Crippen molar-refractivity contribution in [2.75, 3.05) is 4.90 Å². The first kappa shape index (κ1) is 25.3. The first-order valence-electron chi connectivity index (χ1n) is 12.6. The van der Waals surface area contributed by atoms with E-state index in [1.807, 2.05) is 25.7 Å². The molecule has 6 heteroatoms. The molecule has 1 aliphatic carbocycles. The summed E-state index contributed by atoms with van der Waals surface area (Å²) in [4.78, 5) is 15.5. The summed E-state index contributed by atoms with van der Waals surface area (Å²) < 4.78 is 18.9. The second kappa shape index (κ2) is 7.36. The molecule has 1 aromatic rings. The largest absolute Gasteiger partial charge is 0.495 e. The van der Waals surface area contributed by atoms with Gasteiger partial charge >= 0.3 is 13.2 Å². The Balaban J connectivity index is 1.96. The molecule has 34 heavy (non-hydrogen) atoms. The van der Waals surface area contributed by atoms with Gasteiger partial charge in [0, 0.05) is 5.41 Å². The van der Waals surface area contributed by atoms with Gasteiger partial charge in [0.1, 0.15) is 5.60 Å². The fourth-order valence-electron chi connectivity index (χ4n) is 5.68. The van der Waals surface area contributed by atoms with Crippen molar-refractivity contribution in [1.82, 2.24) is 0 Å². The smallest absolute Gasteiger partial charge is 0.443 e. The van der Waals surface area contributed by atoms with Crippen molar-refractivity contribution in [3.63, 3.8) is 0 Å². The molecule has 0 saturated carbocycles. The number of rotatable bonds is 1. The van der Waals surface area contributed by atoms with E-state index in [0.717, 1.165) is 41.5 Å². The zero-order valence-corrected chi connectivity index (χ0v) is 23.1. The second-order valence-electron chi connectivity index (χ2n) is 13.2. The van der Waals surface area contributed by atoms with Crippen LogP contribution in [0, 0.1) is 0 Å². The predicted molar refractivity (Wildman–Crippen MR) is 139 cm³/mol. The summed E-state index contributed by atoms with van der Waals surface area (Å²) in [6.45, 7) is 27.1. The zero-order chi connectivity index (χ0) is 25.6. The first-order valence-corrected chi connectivity index (χ1v) is 12.6. The molecule has 0 atom stereocenters. The number of benzene rings is 1. The van der Waals surface area contributed by atoms with Gasteiger partial charge in [-0.05, 0) is 109 Å². The molecule has 0 spiro atoms. The van der Waals surface area contributed by atoms with Gasteiger partial charge in [0.15, 0.2) is 0 Å². The lowest BCUT2D eigenvalue weighted by atomic mass is 9.63. The average molecular weight is 467 g/mol. The van der Waals surface area contributed by atoms with Gasteiger partial charge in [-0.3, -0.25) is 4.90 Å². The lowest BCUT2D eigenvalue weighted by Crippen LogP contribution is -2.58. The highest BCUT2D eigenvalue weighted by Crippen LogP contribution is 2.53. The second-order valence-corrected chi connectivity index (χ2v) is 13.2. The van der Waals surface area contributed by atoms with Gasteiger partial charge in [0.2, 0.25) is 0 Å². The number of amides is 1. The highest BCUT2D eigenvalue weighted by molar-refractivity contribution is 6.62. The summed E-state index contributed by atoms with van der Waals surface area (Å²) in [6.07, 6.45) is 2.59. The van der Waals surface area contributed by atoms with Crippen LogP contribution in [0.3, 0.4) is 0 Å². The van der Waals surface area contributed by atoms with Crippen LogP contribution in [0.25, 0.3) is 0 Å². The van der Waals surface area contributed by atoms with Crippen LogP contribution < -0.4 is 10.4 Å². The normalized spacial score (nSPS) is 24.1. The van der Waals surface area contributed by atoms with Crippen molar-refractivity contribution < 1.29 is 18.8 Å². The third-order valence-corrected chi connectivity index (χ3v) is 8.44. The first-order chi connectivity index (χ1) is 15.3. The maximum Gasteiger partial charge on any atom is 0.495 e. The van der Waals surface area contributed by atoms with E-state index in [4.69, 9.17) is 14.0 Å². The number of anilines is 1. The van der Waals surface area contributed by atoms with Crippen LogP contribution in [0.2, 0.25) is 0 Å². The SMILES string of the molecule is C=C1C(C)(C)c2cc(B3OC(C)(C)C(C)(C)O3)c3c(c2N(C(=O)OC(C)(C)C)C1(C)C)CCC3. The number of nitrogens with zero attached hydrogens (tertiary/aromatic N) is 1. The number of fused-ring (bicyclic) bond motifs is 3. The molecule has 2 heterocycles. The highest BCUT2D eigenvalue weighted by atomic mass is 16.7. The van der Waals surface area contributed by atoms with Crippen LogP contribution in [0.5, 0.6) is 0 Å². The zero-order valence-electron chi connectivity index (χ0n) is 23.1. The van der Waals surface area contributed by atoms with Crippen LogP contribution in [0.15, 0.2) is 18.2 Å². The van der Waals surface area contributed by atoms with E-state index >= 15 is 0 Å². The number of ether oxygens (including phenoxy) is 1. The Morgan fingerprint density at radius 3 is 2.06 bits per heavy atom. The van der Waals surface area contributed by atoms with Gasteiger partial charge < -0.3 is 14.0 Å². The van der Waals surface area contributed by atoms with E-state index in [1.54, 1.807) is 0 Å². The van der Waals surface area contributed by atoms with Crippen molar-refractivity contribution >= 4 is 24.4 Å². The van der Waals surface area contributed by atoms with Crippen LogP contribution >= 0.6 is 0 Å². The molecule has 0 radical (unpaired) electrons. The van der Waals surface area contributed by atoms with Gasteiger partial charge in [0.05, 0.1) is 22.4 Å². The number of hydrogen-bond donors (Lipinski definition) is 0. The predicted octanol–water partition coefficient (Wildman–Crippen LogP) is 5.84. The van der Waals surface area contributed by atoms with Gasteiger partial charge in [-0.25, -0.2) is 4.79 Å². The van der Waals surface area contributed by atoms with E-state index in [9.17, 15) is 4.79 Å². The van der Waals surface area contributed by atoms with E-state index in [2.05, 4.69) is 68.0 Å². The Hall–Kier alpha value is -1.79. The molecular formula is C28H42BNO4. The Morgan fingerprint density at radius 1 is 1.00 bits per heavy atom. The van der Waals surface area contributed by atoms with Crippen molar-refractivity contribution in [3.05, 3.63) is 34.9 Å². The minimum atomic E-state index is -0.596. The lowest BCUT2D eigenvalue weighted by molar-refractivity contribution is 0.00578. The minimum absolute atomic E-state index is 0.326. The summed E-state index contributed by atoms with van der Waals surface area (Å²) in [5, 5.41) is 0. The average Bonchev–Trinajstić information content (AvgIpc) is 3.21. The molecule has 186 valence electrons. The summed E-state index contributed by atoms with van der Waals surface area (Å²) in [5.74, 6) is 0. The lowest BCUT2D eigenvalue weighted by Gasteiger charge is -2.52. The maximum atomic E-state index is 13.7. The van der Waals surface area contributed by atoms with E-state index in [1.165, 1.54) is 11.1 Å². The van der Waals surface area contributed by atoms with Gasteiger partial charge in [-0.2, -0.15) is 0 Å². The Bertz CT molecular complexity index is 1050. The molecule has 1 aromatic carbocycles. The van der Waals surface area contributed by atoms with Crippen molar-refractivity contribution in [3.8, 4) is 0 Å². The summed E-state index contributed by atoms with van der Waals surface area (Å²) in [6, 6.07) is 2.22. The summed E-state index contributed by atoms with van der Waals surface area (Å²) >= 11 is 0. The summed E-state index contributed by atoms with van der Waals surface area (Å²) in [5.41, 5.74) is 4.28. The Labute approximate surface area is 206 Å². The molecule has 1 amide bonds. The molecule has 5 nitrogen and oxygen atoms in total. The maximum absolute atomic E-state index is 13.7. The van der Waals surface area contributed by atoms with Crippen molar-refractivity contribution in [2.45, 2.75) is 123 Å². The third-order valence-electron chi connectivity index (χ3n) is 8.44. The molecule has 0 N–H and O–H groups in total. The Morgan fingerprint density at radius 2 is 1.53 bits per heavy atom. The molecule has 0 aromatic heterocycles. The molecular weight excluding hydrogens is 425 g/mol. The van der Waals surface area contributed by atoms with Gasteiger partial charge in [-0.1, -0.05) is 26.5 Å². The van der Waals surface area contributed by atoms with Gasteiger partial charge in [0.25, 0.3) is 0 Å². The van der Waals surface area contributed by atoms with Crippen LogP contribution in [-0.2, 0) is 32.3 Å². The van der Waals surface area contributed by atoms with Crippen LogP contribution in [0.4, 0.5) is 10.5 Å². The highest BCUT2D eigenvalue weighted by Gasteiger charge is 2.55. The fraction of sp³-hybridized carbons (Fsp3) is 0.679.